The molecule has 1 rings (SSSR count). The van der Waals surface area contributed by atoms with Gasteiger partial charge in [0, 0.05) is 0 Å². The summed E-state index contributed by atoms with van der Waals surface area (Å²) < 4.78 is 27.1. The van der Waals surface area contributed by atoms with Gasteiger partial charge in [-0.1, -0.05) is 0 Å². The summed E-state index contributed by atoms with van der Waals surface area (Å²) in [6.45, 7) is 6.60. The Kier molecular flexibility index (Phi) is 3.35. The molecule has 0 aromatic rings. The molecule has 100 valence electrons. The third kappa shape index (κ3) is 1.53. The van der Waals surface area contributed by atoms with E-state index in [1.165, 1.54) is 6.92 Å². The third-order valence-electron chi connectivity index (χ3n) is 3.63. The molecule has 0 amide bonds. The van der Waals surface area contributed by atoms with E-state index in [2.05, 4.69) is 0 Å². The zero-order valence-electron chi connectivity index (χ0n) is 11.3. The number of carbonyl (C=O) groups excluding carboxylic acids is 1. The summed E-state index contributed by atoms with van der Waals surface area (Å²) in [7, 11) is 0.0208. The second-order valence-electron chi connectivity index (χ2n) is 5.30. The highest BCUT2D eigenvalue weighted by molar-refractivity contribution is 7.96. The van der Waals surface area contributed by atoms with Crippen LogP contribution in [0.3, 0.4) is 0 Å². The lowest BCUT2D eigenvalue weighted by Crippen LogP contribution is -2.80. The van der Waals surface area contributed by atoms with E-state index in [-0.39, 0.29) is 12.6 Å². The maximum absolute atomic E-state index is 12.3. The standard InChI is InChI=1S/C11H21NO4S/c1-7-16-9(13)11(4)8(12(5)6)10(2,3)17(11,14)15/h8H,7H2,1-6H3/t8-,11-/m0/s1. The summed E-state index contributed by atoms with van der Waals surface area (Å²) in [5.74, 6) is -0.655. The first-order chi connectivity index (χ1) is 7.55. The van der Waals surface area contributed by atoms with Crippen LogP contribution in [0.2, 0.25) is 0 Å². The van der Waals surface area contributed by atoms with E-state index in [9.17, 15) is 13.2 Å². The smallest absolute Gasteiger partial charge is 0.328 e. The zero-order valence-corrected chi connectivity index (χ0v) is 12.1. The van der Waals surface area contributed by atoms with Crippen LogP contribution in [0.5, 0.6) is 0 Å². The van der Waals surface area contributed by atoms with Crippen molar-refractivity contribution in [3.05, 3.63) is 0 Å². The van der Waals surface area contributed by atoms with Gasteiger partial charge in [-0.3, -0.25) is 4.79 Å². The molecular formula is C11H21NO4S. The highest BCUT2D eigenvalue weighted by Gasteiger charge is 2.75. The predicted molar refractivity (Wildman–Crippen MR) is 65.5 cm³/mol. The Labute approximate surface area is 103 Å². The van der Waals surface area contributed by atoms with Crippen molar-refractivity contribution in [2.24, 2.45) is 0 Å². The van der Waals surface area contributed by atoms with E-state index in [4.69, 9.17) is 4.74 Å². The molecule has 17 heavy (non-hydrogen) atoms. The van der Waals surface area contributed by atoms with Crippen LogP contribution in [-0.4, -0.2) is 55.5 Å². The number of nitrogens with zero attached hydrogens (tertiary/aromatic N) is 1. The summed E-state index contributed by atoms with van der Waals surface area (Å²) in [6, 6.07) is -0.376. The largest absolute Gasteiger partial charge is 0.465 e. The van der Waals surface area contributed by atoms with Crippen LogP contribution in [0.4, 0.5) is 0 Å². The second-order valence-corrected chi connectivity index (χ2v) is 8.21. The van der Waals surface area contributed by atoms with Crippen molar-refractivity contribution >= 4 is 15.8 Å². The van der Waals surface area contributed by atoms with Crippen molar-refractivity contribution in [3.8, 4) is 0 Å². The molecule has 6 heteroatoms. The van der Waals surface area contributed by atoms with Crippen LogP contribution in [0.15, 0.2) is 0 Å². The summed E-state index contributed by atoms with van der Waals surface area (Å²) in [6.07, 6.45) is 0. The summed E-state index contributed by atoms with van der Waals surface area (Å²) in [4.78, 5) is 13.7. The molecule has 0 saturated carbocycles. The van der Waals surface area contributed by atoms with Crippen molar-refractivity contribution in [2.45, 2.75) is 43.2 Å². The maximum Gasteiger partial charge on any atom is 0.328 e. The molecule has 1 aliphatic rings. The van der Waals surface area contributed by atoms with E-state index in [1.807, 2.05) is 0 Å². The Morgan fingerprint density at radius 1 is 1.29 bits per heavy atom. The van der Waals surface area contributed by atoms with Crippen LogP contribution in [0.1, 0.15) is 27.7 Å². The minimum absolute atomic E-state index is 0.185. The van der Waals surface area contributed by atoms with Gasteiger partial charge < -0.3 is 9.64 Å². The van der Waals surface area contributed by atoms with Gasteiger partial charge in [-0.2, -0.15) is 0 Å². The van der Waals surface area contributed by atoms with Crippen LogP contribution >= 0.6 is 0 Å². The molecule has 0 bridgehead atoms. The van der Waals surface area contributed by atoms with Gasteiger partial charge in [0.1, 0.15) is 0 Å². The number of esters is 1. The number of hydrogen-bond donors (Lipinski definition) is 0. The van der Waals surface area contributed by atoms with Crippen LogP contribution in [-0.2, 0) is 19.4 Å². The number of ether oxygens (including phenoxy) is 1. The molecule has 0 N–H and O–H groups in total. The fourth-order valence-corrected chi connectivity index (χ4v) is 5.78. The lowest BCUT2D eigenvalue weighted by molar-refractivity contribution is -0.149. The Balaban J connectivity index is 3.27. The Morgan fingerprint density at radius 2 is 1.76 bits per heavy atom. The minimum Gasteiger partial charge on any atom is -0.465 e. The molecular weight excluding hydrogens is 242 g/mol. The summed E-state index contributed by atoms with van der Waals surface area (Å²) in [5.41, 5.74) is 0. The number of rotatable bonds is 3. The van der Waals surface area contributed by atoms with Gasteiger partial charge in [-0.05, 0) is 41.8 Å². The van der Waals surface area contributed by atoms with Gasteiger partial charge in [-0.25, -0.2) is 8.42 Å². The first-order valence-electron chi connectivity index (χ1n) is 5.63. The number of carbonyl (C=O) groups is 1. The van der Waals surface area contributed by atoms with E-state index in [0.29, 0.717) is 0 Å². The highest BCUT2D eigenvalue weighted by Crippen LogP contribution is 2.51. The van der Waals surface area contributed by atoms with E-state index in [1.54, 1.807) is 39.8 Å². The zero-order chi connectivity index (χ0) is 13.6. The minimum atomic E-state index is -3.53. The van der Waals surface area contributed by atoms with Crippen molar-refractivity contribution in [1.29, 1.82) is 0 Å². The van der Waals surface area contributed by atoms with Gasteiger partial charge in [0.25, 0.3) is 0 Å². The van der Waals surface area contributed by atoms with E-state index < -0.39 is 25.3 Å². The quantitative estimate of drug-likeness (QED) is 0.692. The molecule has 5 nitrogen and oxygen atoms in total. The van der Waals surface area contributed by atoms with Crippen molar-refractivity contribution in [3.63, 3.8) is 0 Å². The molecule has 1 heterocycles. The van der Waals surface area contributed by atoms with Gasteiger partial charge in [0.2, 0.25) is 0 Å². The third-order valence-corrected chi connectivity index (χ3v) is 6.74. The fraction of sp³-hybridized carbons (Fsp3) is 0.909. The van der Waals surface area contributed by atoms with Crippen molar-refractivity contribution in [2.75, 3.05) is 20.7 Å². The summed E-state index contributed by atoms with van der Waals surface area (Å²) >= 11 is 0. The normalized spacial score (nSPS) is 34.2. The number of hydrogen-bond acceptors (Lipinski definition) is 5. The lowest BCUT2D eigenvalue weighted by atomic mass is 9.87. The Hall–Kier alpha value is -0.620. The van der Waals surface area contributed by atoms with E-state index >= 15 is 0 Å². The summed E-state index contributed by atoms with van der Waals surface area (Å²) in [5, 5.41) is 0. The van der Waals surface area contributed by atoms with Crippen molar-refractivity contribution < 1.29 is 17.9 Å². The van der Waals surface area contributed by atoms with Gasteiger partial charge in [0.05, 0.1) is 17.4 Å². The fourth-order valence-electron chi connectivity index (χ4n) is 3.06. The van der Waals surface area contributed by atoms with Crippen LogP contribution < -0.4 is 0 Å². The topological polar surface area (TPSA) is 63.7 Å². The predicted octanol–water partition coefficient (Wildman–Crippen LogP) is 0.445. The SMILES string of the molecule is CCOC(=O)[C@]1(C)[C@@H](N(C)C)C(C)(C)S1(=O)=O. The lowest BCUT2D eigenvalue weighted by Gasteiger charge is -2.57. The van der Waals surface area contributed by atoms with Crippen molar-refractivity contribution in [1.82, 2.24) is 4.90 Å². The Morgan fingerprint density at radius 3 is 2.12 bits per heavy atom. The van der Waals surface area contributed by atoms with Gasteiger partial charge in [-0.15, -0.1) is 0 Å². The molecule has 0 spiro atoms. The molecule has 1 fully saturated rings. The Bertz CT molecular complexity index is 427. The average Bonchev–Trinajstić information content (AvgIpc) is 2.15. The second kappa shape index (κ2) is 3.95. The van der Waals surface area contributed by atoms with Gasteiger partial charge >= 0.3 is 5.97 Å². The van der Waals surface area contributed by atoms with Crippen LogP contribution in [0, 0.1) is 0 Å². The molecule has 2 atom stereocenters. The molecule has 0 aromatic heterocycles. The van der Waals surface area contributed by atoms with Crippen LogP contribution in [0.25, 0.3) is 0 Å². The molecule has 0 aliphatic carbocycles. The maximum atomic E-state index is 12.3. The van der Waals surface area contributed by atoms with E-state index in [0.717, 1.165) is 0 Å². The van der Waals surface area contributed by atoms with Gasteiger partial charge in [0.15, 0.2) is 14.6 Å². The highest BCUT2D eigenvalue weighted by atomic mass is 32.2. The molecule has 1 saturated heterocycles. The molecule has 0 radical (unpaired) electrons. The average molecular weight is 263 g/mol. The molecule has 0 aromatic carbocycles. The molecule has 0 unspecified atom stereocenters. The number of sulfone groups is 1. The first kappa shape index (κ1) is 14.4. The molecule has 1 aliphatic heterocycles. The monoisotopic (exact) mass is 263 g/mol. The first-order valence-corrected chi connectivity index (χ1v) is 7.11.